The first-order valence-electron chi connectivity index (χ1n) is 8.40. The Balaban J connectivity index is 1.67. The van der Waals surface area contributed by atoms with Crippen molar-refractivity contribution in [1.29, 1.82) is 0 Å². The van der Waals surface area contributed by atoms with Crippen LogP contribution in [0.25, 0.3) is 0 Å². The molecule has 1 aromatic carbocycles. The highest BCUT2D eigenvalue weighted by molar-refractivity contribution is 5.82. The van der Waals surface area contributed by atoms with E-state index < -0.39 is 0 Å². The molecule has 0 N–H and O–H groups in total. The predicted octanol–water partition coefficient (Wildman–Crippen LogP) is 3.94. The zero-order chi connectivity index (χ0) is 15.9. The third-order valence-electron chi connectivity index (χ3n) is 4.89. The highest BCUT2D eigenvalue weighted by Gasteiger charge is 2.46. The van der Waals surface area contributed by atoms with E-state index in [2.05, 4.69) is 24.0 Å². The molecule has 22 heavy (non-hydrogen) atoms. The molecule has 2 bridgehead atoms. The number of carbonyl (C=O) groups is 1. The molecule has 2 unspecified atom stereocenters. The molecule has 1 aromatic rings. The lowest BCUT2D eigenvalue weighted by molar-refractivity contribution is -0.145. The lowest BCUT2D eigenvalue weighted by atomic mass is 9.90. The number of fused-ring (bicyclic) bond motifs is 2. The first kappa shape index (κ1) is 15.4. The van der Waals surface area contributed by atoms with E-state index in [-0.39, 0.29) is 11.5 Å². The van der Waals surface area contributed by atoms with E-state index in [1.165, 1.54) is 5.56 Å². The summed E-state index contributed by atoms with van der Waals surface area (Å²) < 4.78 is 6.17. The molecule has 0 spiro atoms. The zero-order valence-electron chi connectivity index (χ0n) is 14.1. The Morgan fingerprint density at radius 1 is 1.09 bits per heavy atom. The fourth-order valence-corrected chi connectivity index (χ4v) is 3.75. The number of nitrogens with zero attached hydrogens (tertiary/aromatic N) is 1. The highest BCUT2D eigenvalue weighted by atomic mass is 16.5. The topological polar surface area (TPSA) is 29.5 Å². The van der Waals surface area contributed by atoms with Crippen molar-refractivity contribution in [3.05, 3.63) is 29.8 Å². The van der Waals surface area contributed by atoms with Gasteiger partial charge in [-0.1, -0.05) is 38.5 Å². The van der Waals surface area contributed by atoms with Crippen molar-refractivity contribution in [3.8, 4) is 5.75 Å². The van der Waals surface area contributed by atoms with Crippen LogP contribution in [0.2, 0.25) is 0 Å². The number of rotatable bonds is 2. The van der Waals surface area contributed by atoms with Crippen LogP contribution in [-0.2, 0) is 4.79 Å². The monoisotopic (exact) mass is 301 g/mol. The van der Waals surface area contributed by atoms with E-state index in [1.54, 1.807) is 0 Å². The number of piperidine rings is 1. The number of ether oxygens (including phenoxy) is 1. The summed E-state index contributed by atoms with van der Waals surface area (Å²) >= 11 is 0. The highest BCUT2D eigenvalue weighted by Crippen LogP contribution is 2.39. The Hall–Kier alpha value is -1.51. The average Bonchev–Trinajstić information content (AvgIpc) is 2.70. The summed E-state index contributed by atoms with van der Waals surface area (Å²) in [4.78, 5) is 14.8. The fourth-order valence-electron chi connectivity index (χ4n) is 3.75. The maximum Gasteiger partial charge on any atom is 0.228 e. The molecule has 2 aliphatic rings. The van der Waals surface area contributed by atoms with E-state index in [0.29, 0.717) is 18.0 Å². The molecule has 3 rings (SSSR count). The molecule has 0 radical (unpaired) electrons. The maximum absolute atomic E-state index is 12.7. The Kier molecular flexibility index (Phi) is 3.92. The van der Waals surface area contributed by atoms with Gasteiger partial charge in [0.1, 0.15) is 11.9 Å². The third kappa shape index (κ3) is 2.99. The standard InChI is InChI=1S/C19H27NO2/c1-13-5-9-16(10-6-13)22-17-11-14-7-8-15(12-17)20(14)18(21)19(2,3)4/h5-6,9-10,14-15,17H,7-8,11-12H2,1-4H3. The fraction of sp³-hybridized carbons (Fsp3) is 0.632. The van der Waals surface area contributed by atoms with E-state index >= 15 is 0 Å². The number of aryl methyl sites for hydroxylation is 1. The second-order valence-corrected chi connectivity index (χ2v) is 7.87. The summed E-state index contributed by atoms with van der Waals surface area (Å²) in [6, 6.07) is 8.99. The molecule has 2 heterocycles. The number of hydrogen-bond donors (Lipinski definition) is 0. The largest absolute Gasteiger partial charge is 0.490 e. The van der Waals surface area contributed by atoms with Crippen molar-refractivity contribution in [3.63, 3.8) is 0 Å². The quantitative estimate of drug-likeness (QED) is 0.828. The van der Waals surface area contributed by atoms with E-state index in [0.717, 1.165) is 31.4 Å². The molecular formula is C19H27NO2. The summed E-state index contributed by atoms with van der Waals surface area (Å²) in [5.41, 5.74) is 0.962. The summed E-state index contributed by atoms with van der Waals surface area (Å²) in [5.74, 6) is 1.25. The molecular weight excluding hydrogens is 274 g/mol. The van der Waals surface area contributed by atoms with Gasteiger partial charge >= 0.3 is 0 Å². The summed E-state index contributed by atoms with van der Waals surface area (Å²) in [7, 11) is 0. The Morgan fingerprint density at radius 2 is 1.64 bits per heavy atom. The van der Waals surface area contributed by atoms with Crippen LogP contribution in [0.1, 0.15) is 52.0 Å². The van der Waals surface area contributed by atoms with Crippen molar-refractivity contribution in [1.82, 2.24) is 4.90 Å². The van der Waals surface area contributed by atoms with Crippen molar-refractivity contribution in [2.75, 3.05) is 0 Å². The summed E-state index contributed by atoms with van der Waals surface area (Å²) in [6.45, 7) is 8.14. The van der Waals surface area contributed by atoms with Gasteiger partial charge in [0.25, 0.3) is 0 Å². The molecule has 2 saturated heterocycles. The zero-order valence-corrected chi connectivity index (χ0v) is 14.1. The minimum atomic E-state index is -0.286. The van der Waals surface area contributed by atoms with Crippen molar-refractivity contribution >= 4 is 5.91 Å². The van der Waals surface area contributed by atoms with Gasteiger partial charge in [0.15, 0.2) is 0 Å². The number of amides is 1. The second-order valence-electron chi connectivity index (χ2n) is 7.87. The van der Waals surface area contributed by atoms with Gasteiger partial charge < -0.3 is 9.64 Å². The molecule has 0 aromatic heterocycles. The van der Waals surface area contributed by atoms with Crippen LogP contribution in [0, 0.1) is 12.3 Å². The third-order valence-corrected chi connectivity index (χ3v) is 4.89. The summed E-state index contributed by atoms with van der Waals surface area (Å²) in [5, 5.41) is 0. The van der Waals surface area contributed by atoms with Crippen LogP contribution in [0.4, 0.5) is 0 Å². The lowest BCUT2D eigenvalue weighted by Gasteiger charge is -2.41. The van der Waals surface area contributed by atoms with Gasteiger partial charge in [-0.25, -0.2) is 0 Å². The molecule has 3 heteroatoms. The van der Waals surface area contributed by atoms with Gasteiger partial charge in [0, 0.05) is 30.3 Å². The second kappa shape index (κ2) is 5.60. The van der Waals surface area contributed by atoms with Gasteiger partial charge in [0.05, 0.1) is 0 Å². The van der Waals surface area contributed by atoms with Crippen molar-refractivity contribution < 1.29 is 9.53 Å². The van der Waals surface area contributed by atoms with Crippen LogP contribution in [0.15, 0.2) is 24.3 Å². The van der Waals surface area contributed by atoms with Gasteiger partial charge in [-0.15, -0.1) is 0 Å². The van der Waals surface area contributed by atoms with Crippen LogP contribution in [0.5, 0.6) is 5.75 Å². The first-order chi connectivity index (χ1) is 10.3. The average molecular weight is 301 g/mol. The number of hydrogen-bond acceptors (Lipinski definition) is 2. The SMILES string of the molecule is Cc1ccc(OC2CC3CCC(C2)N3C(=O)C(C)(C)C)cc1. The molecule has 2 atom stereocenters. The van der Waals surface area contributed by atoms with E-state index in [4.69, 9.17) is 4.74 Å². The number of carbonyl (C=O) groups excluding carboxylic acids is 1. The molecule has 0 aliphatic carbocycles. The van der Waals surface area contributed by atoms with Gasteiger partial charge in [-0.2, -0.15) is 0 Å². The Bertz CT molecular complexity index is 530. The number of benzene rings is 1. The van der Waals surface area contributed by atoms with Crippen LogP contribution >= 0.6 is 0 Å². The van der Waals surface area contributed by atoms with Crippen LogP contribution in [-0.4, -0.2) is 29.0 Å². The molecule has 2 fully saturated rings. The Morgan fingerprint density at radius 3 is 2.14 bits per heavy atom. The van der Waals surface area contributed by atoms with E-state index in [1.807, 2.05) is 32.9 Å². The smallest absolute Gasteiger partial charge is 0.228 e. The van der Waals surface area contributed by atoms with E-state index in [9.17, 15) is 4.79 Å². The van der Waals surface area contributed by atoms with Gasteiger partial charge in [0.2, 0.25) is 5.91 Å². The van der Waals surface area contributed by atoms with Gasteiger partial charge in [-0.05, 0) is 31.9 Å². The summed E-state index contributed by atoms with van der Waals surface area (Å²) in [6.07, 6.45) is 4.42. The molecule has 120 valence electrons. The van der Waals surface area contributed by atoms with Gasteiger partial charge in [-0.3, -0.25) is 4.79 Å². The first-order valence-corrected chi connectivity index (χ1v) is 8.40. The van der Waals surface area contributed by atoms with Crippen molar-refractivity contribution in [2.24, 2.45) is 5.41 Å². The predicted molar refractivity (Wildman–Crippen MR) is 87.9 cm³/mol. The van der Waals surface area contributed by atoms with Crippen LogP contribution < -0.4 is 4.74 Å². The minimum absolute atomic E-state index is 0.240. The molecule has 1 amide bonds. The Labute approximate surface area is 133 Å². The minimum Gasteiger partial charge on any atom is -0.490 e. The van der Waals surface area contributed by atoms with Crippen molar-refractivity contribution in [2.45, 2.75) is 71.6 Å². The lowest BCUT2D eigenvalue weighted by Crippen LogP contribution is -2.52. The van der Waals surface area contributed by atoms with Crippen LogP contribution in [0.3, 0.4) is 0 Å². The molecule has 2 aliphatic heterocycles. The molecule has 3 nitrogen and oxygen atoms in total. The molecule has 0 saturated carbocycles. The maximum atomic E-state index is 12.7. The normalized spacial score (nSPS) is 27.8.